The third-order valence-electron chi connectivity index (χ3n) is 4.67. The number of benzene rings is 2. The van der Waals surface area contributed by atoms with Crippen LogP contribution in [0.3, 0.4) is 0 Å². The maximum absolute atomic E-state index is 12.2. The van der Waals surface area contributed by atoms with E-state index in [1.165, 1.54) is 6.33 Å². The quantitative estimate of drug-likeness (QED) is 0.440. The Bertz CT molecular complexity index is 1150. The van der Waals surface area contributed by atoms with Gasteiger partial charge < -0.3 is 15.5 Å². The first-order valence-electron chi connectivity index (χ1n) is 9.64. The Labute approximate surface area is 174 Å². The molecule has 4 rings (SSSR count). The minimum atomic E-state index is -0.0805. The van der Waals surface area contributed by atoms with Crippen molar-refractivity contribution >= 4 is 28.3 Å². The average Bonchev–Trinajstić information content (AvgIpc) is 3.22. The molecular weight excluding hydrogens is 378 g/mol. The topological polar surface area (TPSA) is 98.8 Å². The van der Waals surface area contributed by atoms with Crippen molar-refractivity contribution in [1.82, 2.24) is 30.4 Å². The van der Waals surface area contributed by atoms with Crippen LogP contribution in [0.1, 0.15) is 10.4 Å². The Morgan fingerprint density at radius 3 is 2.70 bits per heavy atom. The summed E-state index contributed by atoms with van der Waals surface area (Å²) in [6.45, 7) is 1.41. The fraction of sp³-hybridized carbons (Fsp3) is 0.182. The highest BCUT2D eigenvalue weighted by molar-refractivity contribution is 5.94. The molecular formula is C22H23N7O. The van der Waals surface area contributed by atoms with Crippen molar-refractivity contribution in [2.24, 2.45) is 0 Å². The second-order valence-corrected chi connectivity index (χ2v) is 7.22. The predicted molar refractivity (Wildman–Crippen MR) is 118 cm³/mol. The van der Waals surface area contributed by atoms with E-state index in [4.69, 9.17) is 0 Å². The van der Waals surface area contributed by atoms with Crippen molar-refractivity contribution in [1.29, 1.82) is 0 Å². The van der Waals surface area contributed by atoms with Gasteiger partial charge in [-0.15, -0.1) is 0 Å². The molecule has 2 heterocycles. The van der Waals surface area contributed by atoms with Gasteiger partial charge in [0, 0.05) is 41.4 Å². The van der Waals surface area contributed by atoms with Gasteiger partial charge in [0.15, 0.2) is 0 Å². The highest BCUT2D eigenvalue weighted by Gasteiger charge is 2.08. The summed E-state index contributed by atoms with van der Waals surface area (Å²) < 4.78 is 0. The molecule has 4 aromatic rings. The Morgan fingerprint density at radius 1 is 1.07 bits per heavy atom. The fourth-order valence-electron chi connectivity index (χ4n) is 3.04. The molecule has 2 aromatic heterocycles. The number of H-pyrrole nitrogens is 1. The van der Waals surface area contributed by atoms with Crippen molar-refractivity contribution < 1.29 is 4.79 Å². The van der Waals surface area contributed by atoms with Crippen LogP contribution in [-0.2, 0) is 0 Å². The van der Waals surface area contributed by atoms with E-state index in [-0.39, 0.29) is 5.91 Å². The predicted octanol–water partition coefficient (Wildman–Crippen LogP) is 3.05. The van der Waals surface area contributed by atoms with E-state index < -0.39 is 0 Å². The average molecular weight is 401 g/mol. The van der Waals surface area contributed by atoms with Gasteiger partial charge in [0.2, 0.25) is 0 Å². The van der Waals surface area contributed by atoms with Gasteiger partial charge in [0.1, 0.15) is 12.1 Å². The Balaban J connectivity index is 1.46. The molecule has 30 heavy (non-hydrogen) atoms. The molecule has 3 N–H and O–H groups in total. The van der Waals surface area contributed by atoms with E-state index in [1.807, 2.05) is 67.5 Å². The molecule has 0 bridgehead atoms. The van der Waals surface area contributed by atoms with Gasteiger partial charge in [-0.05, 0) is 44.4 Å². The van der Waals surface area contributed by atoms with E-state index >= 15 is 0 Å². The van der Waals surface area contributed by atoms with Gasteiger partial charge in [-0.1, -0.05) is 12.1 Å². The minimum Gasteiger partial charge on any atom is -0.351 e. The molecule has 0 saturated heterocycles. The van der Waals surface area contributed by atoms with Crippen LogP contribution in [0, 0.1) is 0 Å². The van der Waals surface area contributed by atoms with Crippen LogP contribution >= 0.6 is 0 Å². The molecule has 8 nitrogen and oxygen atoms in total. The van der Waals surface area contributed by atoms with Crippen LogP contribution in [0.2, 0.25) is 0 Å². The maximum Gasteiger partial charge on any atom is 0.251 e. The number of rotatable bonds is 7. The molecule has 0 unspecified atom stereocenters. The lowest BCUT2D eigenvalue weighted by Crippen LogP contribution is -2.31. The van der Waals surface area contributed by atoms with Crippen LogP contribution in [0.4, 0.5) is 11.5 Å². The number of aromatic nitrogens is 4. The van der Waals surface area contributed by atoms with E-state index in [1.54, 1.807) is 6.20 Å². The zero-order valence-electron chi connectivity index (χ0n) is 16.9. The molecule has 8 heteroatoms. The summed E-state index contributed by atoms with van der Waals surface area (Å²) in [5.41, 5.74) is 4.21. The third kappa shape index (κ3) is 4.61. The van der Waals surface area contributed by atoms with Crippen molar-refractivity contribution in [2.45, 2.75) is 0 Å². The first kappa shape index (κ1) is 19.5. The molecule has 1 amide bonds. The monoisotopic (exact) mass is 401 g/mol. The highest BCUT2D eigenvalue weighted by atomic mass is 16.1. The number of anilines is 2. The molecule has 0 atom stereocenters. The summed E-state index contributed by atoms with van der Waals surface area (Å²) in [4.78, 5) is 22.9. The van der Waals surface area contributed by atoms with Crippen molar-refractivity contribution in [3.05, 3.63) is 66.6 Å². The highest BCUT2D eigenvalue weighted by Crippen LogP contribution is 2.23. The largest absolute Gasteiger partial charge is 0.351 e. The number of likely N-dealkylation sites (N-methyl/N-ethyl adjacent to an activating group) is 1. The molecule has 2 aromatic carbocycles. The molecule has 0 radical (unpaired) electrons. The molecule has 0 fully saturated rings. The van der Waals surface area contributed by atoms with E-state index in [0.29, 0.717) is 17.9 Å². The van der Waals surface area contributed by atoms with Crippen LogP contribution in [0.5, 0.6) is 0 Å². The number of nitrogens with zero attached hydrogens (tertiary/aromatic N) is 4. The van der Waals surface area contributed by atoms with Gasteiger partial charge in [-0.3, -0.25) is 9.89 Å². The lowest BCUT2D eigenvalue weighted by atomic mass is 10.1. The number of amides is 1. The number of nitrogens with one attached hydrogen (secondary N) is 3. The molecule has 0 aliphatic rings. The van der Waals surface area contributed by atoms with Gasteiger partial charge in [0.25, 0.3) is 5.91 Å². The van der Waals surface area contributed by atoms with Gasteiger partial charge in [0.05, 0.1) is 17.4 Å². The van der Waals surface area contributed by atoms with E-state index in [2.05, 4.69) is 30.8 Å². The smallest absolute Gasteiger partial charge is 0.251 e. The van der Waals surface area contributed by atoms with Crippen LogP contribution in [-0.4, -0.2) is 58.2 Å². The zero-order valence-corrected chi connectivity index (χ0v) is 16.9. The third-order valence-corrected chi connectivity index (χ3v) is 4.67. The summed E-state index contributed by atoms with van der Waals surface area (Å²) in [6.07, 6.45) is 3.31. The number of carbonyl (C=O) groups excluding carboxylic acids is 1. The molecule has 152 valence electrons. The first-order chi connectivity index (χ1) is 14.6. The zero-order chi connectivity index (χ0) is 20.9. The summed E-state index contributed by atoms with van der Waals surface area (Å²) in [6, 6.07) is 15.2. The Kier molecular flexibility index (Phi) is 5.67. The summed E-state index contributed by atoms with van der Waals surface area (Å²) in [5, 5.41) is 14.2. The molecule has 0 spiro atoms. The number of hydrogen-bond acceptors (Lipinski definition) is 6. The van der Waals surface area contributed by atoms with Crippen molar-refractivity contribution in [3.8, 4) is 11.3 Å². The van der Waals surface area contributed by atoms with Crippen molar-refractivity contribution in [2.75, 3.05) is 32.5 Å². The van der Waals surface area contributed by atoms with Crippen molar-refractivity contribution in [3.63, 3.8) is 0 Å². The first-order valence-corrected chi connectivity index (χ1v) is 9.64. The van der Waals surface area contributed by atoms with Crippen LogP contribution in [0.15, 0.2) is 61.1 Å². The summed E-state index contributed by atoms with van der Waals surface area (Å²) >= 11 is 0. The van der Waals surface area contributed by atoms with Gasteiger partial charge >= 0.3 is 0 Å². The summed E-state index contributed by atoms with van der Waals surface area (Å²) in [7, 11) is 3.95. The van der Waals surface area contributed by atoms with Crippen LogP contribution in [0.25, 0.3) is 22.2 Å². The standard InChI is InChI=1S/C22H23N7O/c1-29(2)10-9-23-22(30)16-5-3-15(4-6-16)20-12-21(25-14-24-20)27-18-7-8-19-17(11-18)13-26-28-19/h3-8,11-14H,9-10H2,1-2H3,(H,23,30)(H,26,28)(H,24,25,27). The Morgan fingerprint density at radius 2 is 1.90 bits per heavy atom. The number of aromatic amines is 1. The molecule has 0 aliphatic carbocycles. The van der Waals surface area contributed by atoms with Crippen LogP contribution < -0.4 is 10.6 Å². The SMILES string of the molecule is CN(C)CCNC(=O)c1ccc(-c2cc(Nc3ccc4[nH]ncc4c3)ncn2)cc1. The van der Waals surface area contributed by atoms with E-state index in [9.17, 15) is 4.79 Å². The lowest BCUT2D eigenvalue weighted by Gasteiger charge is -2.11. The fourth-order valence-corrected chi connectivity index (χ4v) is 3.04. The van der Waals surface area contributed by atoms with E-state index in [0.717, 1.165) is 34.4 Å². The molecule has 0 saturated carbocycles. The Hall–Kier alpha value is -3.78. The second kappa shape index (κ2) is 8.71. The minimum absolute atomic E-state index is 0.0805. The summed E-state index contributed by atoms with van der Waals surface area (Å²) in [5.74, 6) is 0.608. The van der Waals surface area contributed by atoms with Gasteiger partial charge in [-0.25, -0.2) is 9.97 Å². The van der Waals surface area contributed by atoms with Gasteiger partial charge in [-0.2, -0.15) is 5.10 Å². The maximum atomic E-state index is 12.2. The lowest BCUT2D eigenvalue weighted by molar-refractivity contribution is 0.0951. The number of hydrogen-bond donors (Lipinski definition) is 3. The number of fused-ring (bicyclic) bond motifs is 1. The molecule has 0 aliphatic heterocycles. The normalized spacial score (nSPS) is 11.0. The second-order valence-electron chi connectivity index (χ2n) is 7.22. The number of carbonyl (C=O) groups is 1.